The van der Waals surface area contributed by atoms with Gasteiger partial charge in [-0.2, -0.15) is 15.1 Å². The van der Waals surface area contributed by atoms with Crippen molar-refractivity contribution >= 4 is 40.6 Å². The molecule has 1 saturated heterocycles. The predicted molar refractivity (Wildman–Crippen MR) is 156 cm³/mol. The number of hydrogen-bond acceptors (Lipinski definition) is 8. The van der Waals surface area contributed by atoms with Gasteiger partial charge in [-0.15, -0.1) is 0 Å². The second kappa shape index (κ2) is 11.2. The number of benzene rings is 1. The number of nitrogens with one attached hydrogen (secondary N) is 1. The minimum absolute atomic E-state index is 0.102. The Labute approximate surface area is 239 Å². The van der Waals surface area contributed by atoms with E-state index in [-0.39, 0.29) is 29.9 Å². The number of carbonyl (C=O) groups is 2. The zero-order valence-corrected chi connectivity index (χ0v) is 24.4. The molecule has 0 radical (unpaired) electrons. The maximum Gasteiger partial charge on any atom is 0.410 e. The molecule has 0 atom stereocenters. The maximum atomic E-state index is 13.4. The van der Waals surface area contributed by atoms with Crippen LogP contribution in [0.25, 0.3) is 16.9 Å². The van der Waals surface area contributed by atoms with Crippen molar-refractivity contribution in [2.45, 2.75) is 59.1 Å². The Morgan fingerprint density at radius 1 is 1.10 bits per heavy atom. The molecule has 1 aliphatic rings. The average Bonchev–Trinajstić information content (AvgIpc) is 3.62. The van der Waals surface area contributed by atoms with Crippen LogP contribution in [0.1, 0.15) is 53.5 Å². The number of fused-ring (bicyclic) bond motifs is 1. The SMILES string of the molecule is CC(C)n1cnc2c(N(C)c3ccccc3-n3cccn3)nc(NC(=O)C3CCN(C(=O)OC(C)(C)C)CC3)nc21. The number of carbonyl (C=O) groups excluding carboxylic acids is 2. The van der Waals surface area contributed by atoms with E-state index in [1.807, 2.05) is 73.8 Å². The Hall–Kier alpha value is -4.48. The lowest BCUT2D eigenvalue weighted by atomic mass is 9.96. The first-order chi connectivity index (χ1) is 19.5. The lowest BCUT2D eigenvalue weighted by Crippen LogP contribution is -2.43. The molecule has 0 aliphatic carbocycles. The van der Waals surface area contributed by atoms with Gasteiger partial charge in [0.15, 0.2) is 17.0 Å². The number of nitrogens with zero attached hydrogens (tertiary/aromatic N) is 8. The van der Waals surface area contributed by atoms with Crippen LogP contribution in [-0.4, -0.2) is 71.9 Å². The fourth-order valence-electron chi connectivity index (χ4n) is 4.90. The van der Waals surface area contributed by atoms with Gasteiger partial charge in [-0.3, -0.25) is 10.1 Å². The molecule has 0 saturated carbocycles. The monoisotopic (exact) mass is 559 g/mol. The van der Waals surface area contributed by atoms with Crippen LogP contribution in [0, 0.1) is 5.92 Å². The first-order valence-corrected chi connectivity index (χ1v) is 13.9. The first-order valence-electron chi connectivity index (χ1n) is 13.9. The van der Waals surface area contributed by atoms with Crippen molar-refractivity contribution < 1.29 is 14.3 Å². The Morgan fingerprint density at radius 2 is 1.83 bits per heavy atom. The van der Waals surface area contributed by atoms with Gasteiger partial charge >= 0.3 is 6.09 Å². The number of imidazole rings is 1. The molecule has 0 spiro atoms. The van der Waals surface area contributed by atoms with Gasteiger partial charge in [0.2, 0.25) is 11.9 Å². The van der Waals surface area contributed by atoms with Gasteiger partial charge in [-0.1, -0.05) is 12.1 Å². The molecule has 1 N–H and O–H groups in total. The van der Waals surface area contributed by atoms with Gasteiger partial charge in [-0.05, 0) is 65.7 Å². The predicted octanol–water partition coefficient (Wildman–Crippen LogP) is 4.95. The first kappa shape index (κ1) is 28.1. The summed E-state index contributed by atoms with van der Waals surface area (Å²) in [7, 11) is 1.91. The summed E-state index contributed by atoms with van der Waals surface area (Å²) in [6.07, 6.45) is 6.07. The molecule has 5 rings (SSSR count). The van der Waals surface area contributed by atoms with Crippen LogP contribution in [0.15, 0.2) is 49.1 Å². The van der Waals surface area contributed by atoms with Gasteiger partial charge in [0, 0.05) is 44.5 Å². The largest absolute Gasteiger partial charge is 0.444 e. The van der Waals surface area contributed by atoms with Crippen LogP contribution in [0.5, 0.6) is 0 Å². The van der Waals surface area contributed by atoms with E-state index in [0.717, 1.165) is 11.4 Å². The number of rotatable bonds is 6. The molecule has 0 bridgehead atoms. The normalized spacial score (nSPS) is 14.5. The standard InChI is InChI=1S/C29H37N9O3/c1-19(2)37-18-30-23-24(35(6)21-10-7-8-11-22(21)38-15-9-14-31-38)32-27(33-25(23)37)34-26(39)20-12-16-36(17-13-20)28(40)41-29(3,4)5/h7-11,14-15,18-20H,12-13,16-17H2,1-6H3,(H,32,33,34,39). The van der Waals surface area contributed by atoms with Crippen LogP contribution in [0.4, 0.5) is 22.2 Å². The molecule has 12 heteroatoms. The summed E-state index contributed by atoms with van der Waals surface area (Å²) in [5.41, 5.74) is 2.43. The van der Waals surface area contributed by atoms with Crippen LogP contribution >= 0.6 is 0 Å². The minimum atomic E-state index is -0.562. The van der Waals surface area contributed by atoms with E-state index in [9.17, 15) is 9.59 Å². The van der Waals surface area contributed by atoms with E-state index >= 15 is 0 Å². The molecular formula is C29H37N9O3. The zero-order valence-electron chi connectivity index (χ0n) is 24.4. The van der Waals surface area contributed by atoms with Gasteiger partial charge in [0.1, 0.15) is 5.60 Å². The van der Waals surface area contributed by atoms with Gasteiger partial charge < -0.3 is 19.1 Å². The second-order valence-electron chi connectivity index (χ2n) is 11.5. The van der Waals surface area contributed by atoms with Gasteiger partial charge in [-0.25, -0.2) is 14.5 Å². The number of ether oxygens (including phenoxy) is 1. The topological polar surface area (TPSA) is 123 Å². The molecule has 0 unspecified atom stereocenters. The number of amides is 2. The third kappa shape index (κ3) is 6.01. The minimum Gasteiger partial charge on any atom is -0.444 e. The molecular weight excluding hydrogens is 522 g/mol. The van der Waals surface area contributed by atoms with E-state index in [2.05, 4.69) is 29.2 Å². The fraction of sp³-hybridized carbons (Fsp3) is 0.448. The van der Waals surface area contributed by atoms with Crippen molar-refractivity contribution in [1.29, 1.82) is 0 Å². The van der Waals surface area contributed by atoms with E-state index in [1.54, 1.807) is 22.1 Å². The number of likely N-dealkylation sites (tertiary alicyclic amines) is 1. The van der Waals surface area contributed by atoms with E-state index in [4.69, 9.17) is 14.7 Å². The summed E-state index contributed by atoms with van der Waals surface area (Å²) in [4.78, 5) is 43.5. The van der Waals surface area contributed by atoms with E-state index < -0.39 is 5.60 Å². The summed E-state index contributed by atoms with van der Waals surface area (Å²) in [5.74, 6) is 0.320. The van der Waals surface area contributed by atoms with Crippen molar-refractivity contribution in [3.63, 3.8) is 0 Å². The molecule has 12 nitrogen and oxygen atoms in total. The van der Waals surface area contributed by atoms with Gasteiger partial charge in [0.25, 0.3) is 0 Å². The van der Waals surface area contributed by atoms with E-state index in [0.29, 0.717) is 42.9 Å². The number of piperidine rings is 1. The third-order valence-corrected chi connectivity index (χ3v) is 7.02. The lowest BCUT2D eigenvalue weighted by molar-refractivity contribution is -0.121. The molecule has 2 amide bonds. The highest BCUT2D eigenvalue weighted by Crippen LogP contribution is 2.33. The fourth-order valence-corrected chi connectivity index (χ4v) is 4.90. The third-order valence-electron chi connectivity index (χ3n) is 7.02. The quantitative estimate of drug-likeness (QED) is 0.352. The van der Waals surface area contributed by atoms with Crippen molar-refractivity contribution in [2.75, 3.05) is 30.4 Å². The Morgan fingerprint density at radius 3 is 2.49 bits per heavy atom. The highest BCUT2D eigenvalue weighted by molar-refractivity contribution is 5.94. The van der Waals surface area contributed by atoms with Crippen LogP contribution in [0.3, 0.4) is 0 Å². The Balaban J connectivity index is 1.41. The average molecular weight is 560 g/mol. The van der Waals surface area contributed by atoms with Crippen molar-refractivity contribution in [3.8, 4) is 5.69 Å². The van der Waals surface area contributed by atoms with Crippen molar-refractivity contribution in [3.05, 3.63) is 49.1 Å². The summed E-state index contributed by atoms with van der Waals surface area (Å²) >= 11 is 0. The van der Waals surface area contributed by atoms with Crippen LogP contribution < -0.4 is 10.2 Å². The summed E-state index contributed by atoms with van der Waals surface area (Å²) in [6.45, 7) is 10.5. The molecule has 1 aromatic carbocycles. The number of hydrogen-bond donors (Lipinski definition) is 1. The number of aromatic nitrogens is 6. The Kier molecular flexibility index (Phi) is 7.65. The molecule has 1 fully saturated rings. The molecule has 4 heterocycles. The summed E-state index contributed by atoms with van der Waals surface area (Å²) in [6, 6.07) is 9.85. The molecule has 216 valence electrons. The Bertz CT molecular complexity index is 1530. The smallest absolute Gasteiger partial charge is 0.410 e. The van der Waals surface area contributed by atoms with Gasteiger partial charge in [0.05, 0.1) is 17.7 Å². The molecule has 1 aliphatic heterocycles. The second-order valence-corrected chi connectivity index (χ2v) is 11.5. The molecule has 3 aromatic heterocycles. The lowest BCUT2D eigenvalue weighted by Gasteiger charge is -2.32. The van der Waals surface area contributed by atoms with Crippen LogP contribution in [0.2, 0.25) is 0 Å². The number of anilines is 3. The van der Waals surface area contributed by atoms with Crippen molar-refractivity contribution in [1.82, 2.24) is 34.2 Å². The van der Waals surface area contributed by atoms with Crippen LogP contribution in [-0.2, 0) is 9.53 Å². The van der Waals surface area contributed by atoms with Crippen molar-refractivity contribution in [2.24, 2.45) is 5.92 Å². The molecule has 4 aromatic rings. The molecule has 41 heavy (non-hydrogen) atoms. The summed E-state index contributed by atoms with van der Waals surface area (Å²) < 4.78 is 9.24. The zero-order chi connectivity index (χ0) is 29.3. The number of para-hydroxylation sites is 2. The van der Waals surface area contributed by atoms with E-state index in [1.165, 1.54) is 0 Å². The highest BCUT2D eigenvalue weighted by Gasteiger charge is 2.31. The maximum absolute atomic E-state index is 13.4. The summed E-state index contributed by atoms with van der Waals surface area (Å²) in [5, 5.41) is 7.35. The highest BCUT2D eigenvalue weighted by atomic mass is 16.6.